The van der Waals surface area contributed by atoms with E-state index >= 15 is 0 Å². The Balaban J connectivity index is 1.22. The smallest absolute Gasteiger partial charge is 0.248 e. The van der Waals surface area contributed by atoms with E-state index in [0.29, 0.717) is 31.5 Å². The van der Waals surface area contributed by atoms with Gasteiger partial charge in [-0.1, -0.05) is 6.42 Å². The Morgan fingerprint density at radius 2 is 1.79 bits per heavy atom. The lowest BCUT2D eigenvalue weighted by molar-refractivity contribution is -0.174. The first-order valence-corrected chi connectivity index (χ1v) is 9.46. The third-order valence-electron chi connectivity index (χ3n) is 6.29. The molecule has 4 fully saturated rings. The fourth-order valence-electron chi connectivity index (χ4n) is 4.39. The number of hydrogen-bond donors (Lipinski definition) is 0. The van der Waals surface area contributed by atoms with Crippen LogP contribution < -0.4 is 0 Å². The lowest BCUT2D eigenvalue weighted by Gasteiger charge is -2.51. The molecular weight excluding hydrogens is 308 g/mol. The van der Waals surface area contributed by atoms with Gasteiger partial charge in [-0.2, -0.15) is 0 Å². The van der Waals surface area contributed by atoms with Gasteiger partial charge in [-0.3, -0.25) is 9.59 Å². The number of likely N-dealkylation sites (tertiary alicyclic amines) is 2. The Bertz CT molecular complexity index is 493. The summed E-state index contributed by atoms with van der Waals surface area (Å²) in [5, 5.41) is 0. The van der Waals surface area contributed by atoms with Crippen LogP contribution in [0, 0.1) is 11.8 Å². The molecule has 4 aliphatic rings. The molecule has 6 heteroatoms. The van der Waals surface area contributed by atoms with Gasteiger partial charge in [0.1, 0.15) is 12.2 Å². The van der Waals surface area contributed by atoms with Crippen molar-refractivity contribution in [2.24, 2.45) is 11.8 Å². The molecule has 2 amide bonds. The van der Waals surface area contributed by atoms with Crippen molar-refractivity contribution >= 4 is 11.8 Å². The number of amides is 2. The molecule has 4 rings (SSSR count). The zero-order valence-corrected chi connectivity index (χ0v) is 14.4. The molecule has 0 N–H and O–H groups in total. The quantitative estimate of drug-likeness (QED) is 0.753. The van der Waals surface area contributed by atoms with Crippen molar-refractivity contribution in [3.8, 4) is 0 Å². The fourth-order valence-corrected chi connectivity index (χ4v) is 4.39. The molecule has 1 aliphatic carbocycles. The second-order valence-electron chi connectivity index (χ2n) is 7.82. The standard InChI is InChI=1S/C18H28N2O4/c21-16(19-7-1-2-8-19)11-23-10-15-6-9-24-18(15)12-20(13-18)17(22)14-4-3-5-14/h14-15H,1-13H2/t15-/m1/s1. The molecule has 3 aliphatic heterocycles. The van der Waals surface area contributed by atoms with Gasteiger partial charge in [0.25, 0.3) is 0 Å². The van der Waals surface area contributed by atoms with Crippen LogP contribution in [0.25, 0.3) is 0 Å². The zero-order chi connectivity index (χ0) is 16.6. The maximum absolute atomic E-state index is 12.3. The number of rotatable bonds is 5. The van der Waals surface area contributed by atoms with E-state index in [9.17, 15) is 9.59 Å². The largest absolute Gasteiger partial charge is 0.371 e. The molecule has 0 aromatic rings. The molecule has 0 radical (unpaired) electrons. The molecule has 1 atom stereocenters. The number of carbonyl (C=O) groups excluding carboxylic acids is 2. The van der Waals surface area contributed by atoms with Crippen LogP contribution in [0.5, 0.6) is 0 Å². The average molecular weight is 336 g/mol. The van der Waals surface area contributed by atoms with Gasteiger partial charge in [-0.05, 0) is 32.1 Å². The molecule has 134 valence electrons. The highest BCUT2D eigenvalue weighted by molar-refractivity contribution is 5.80. The predicted octanol–water partition coefficient (Wildman–Crippen LogP) is 1.04. The second kappa shape index (κ2) is 6.64. The van der Waals surface area contributed by atoms with E-state index in [1.54, 1.807) is 0 Å². The third kappa shape index (κ3) is 2.94. The molecule has 0 aromatic carbocycles. The summed E-state index contributed by atoms with van der Waals surface area (Å²) in [4.78, 5) is 28.2. The summed E-state index contributed by atoms with van der Waals surface area (Å²) < 4.78 is 11.7. The van der Waals surface area contributed by atoms with E-state index < -0.39 is 0 Å². The molecule has 3 heterocycles. The predicted molar refractivity (Wildman–Crippen MR) is 87.3 cm³/mol. The van der Waals surface area contributed by atoms with Crippen LogP contribution in [-0.2, 0) is 19.1 Å². The maximum atomic E-state index is 12.3. The van der Waals surface area contributed by atoms with E-state index in [4.69, 9.17) is 9.47 Å². The van der Waals surface area contributed by atoms with E-state index in [1.165, 1.54) is 6.42 Å². The summed E-state index contributed by atoms with van der Waals surface area (Å²) in [7, 11) is 0. The minimum absolute atomic E-state index is 0.107. The van der Waals surface area contributed by atoms with Crippen molar-refractivity contribution in [2.75, 3.05) is 46.0 Å². The van der Waals surface area contributed by atoms with Gasteiger partial charge >= 0.3 is 0 Å². The molecule has 1 spiro atoms. The Morgan fingerprint density at radius 3 is 2.46 bits per heavy atom. The topological polar surface area (TPSA) is 59.1 Å². The first-order chi connectivity index (χ1) is 11.7. The Morgan fingerprint density at radius 1 is 1.04 bits per heavy atom. The minimum atomic E-state index is -0.212. The summed E-state index contributed by atoms with van der Waals surface area (Å²) in [6, 6.07) is 0. The lowest BCUT2D eigenvalue weighted by Crippen LogP contribution is -2.67. The summed E-state index contributed by atoms with van der Waals surface area (Å²) in [5.74, 6) is 0.980. The number of carbonyl (C=O) groups is 2. The highest BCUT2D eigenvalue weighted by atomic mass is 16.5. The summed E-state index contributed by atoms with van der Waals surface area (Å²) in [6.07, 6.45) is 6.46. The molecule has 3 saturated heterocycles. The molecule has 0 bridgehead atoms. The zero-order valence-electron chi connectivity index (χ0n) is 14.4. The summed E-state index contributed by atoms with van der Waals surface area (Å²) in [6.45, 7) is 4.63. The highest BCUT2D eigenvalue weighted by Gasteiger charge is 2.55. The first kappa shape index (κ1) is 16.3. The van der Waals surface area contributed by atoms with Crippen molar-refractivity contribution in [1.29, 1.82) is 0 Å². The molecule has 1 saturated carbocycles. The summed E-state index contributed by atoms with van der Waals surface area (Å²) in [5.41, 5.74) is -0.212. The molecular formula is C18H28N2O4. The van der Waals surface area contributed by atoms with Gasteiger partial charge in [-0.15, -0.1) is 0 Å². The van der Waals surface area contributed by atoms with Crippen LogP contribution in [0.15, 0.2) is 0 Å². The monoisotopic (exact) mass is 336 g/mol. The SMILES string of the molecule is O=C(COC[C@H]1CCOC12CN(C(=O)C1CCC1)C2)N1CCCC1. The van der Waals surface area contributed by atoms with Crippen LogP contribution in [-0.4, -0.2) is 73.2 Å². The van der Waals surface area contributed by atoms with Crippen LogP contribution in [0.3, 0.4) is 0 Å². The van der Waals surface area contributed by atoms with E-state index in [-0.39, 0.29) is 24.0 Å². The lowest BCUT2D eigenvalue weighted by atomic mass is 9.78. The van der Waals surface area contributed by atoms with Gasteiger partial charge in [-0.25, -0.2) is 0 Å². The molecule has 24 heavy (non-hydrogen) atoms. The Hall–Kier alpha value is -1.14. The normalized spacial score (nSPS) is 28.9. The highest BCUT2D eigenvalue weighted by Crippen LogP contribution is 2.42. The van der Waals surface area contributed by atoms with Gasteiger partial charge < -0.3 is 19.3 Å². The van der Waals surface area contributed by atoms with Gasteiger partial charge in [0.15, 0.2) is 0 Å². The van der Waals surface area contributed by atoms with Gasteiger partial charge in [0.2, 0.25) is 11.8 Å². The minimum Gasteiger partial charge on any atom is -0.371 e. The van der Waals surface area contributed by atoms with Gasteiger partial charge in [0, 0.05) is 31.5 Å². The van der Waals surface area contributed by atoms with Crippen molar-refractivity contribution in [3.05, 3.63) is 0 Å². The van der Waals surface area contributed by atoms with Crippen molar-refractivity contribution < 1.29 is 19.1 Å². The molecule has 0 aromatic heterocycles. The van der Waals surface area contributed by atoms with Crippen LogP contribution in [0.4, 0.5) is 0 Å². The Kier molecular flexibility index (Phi) is 4.52. The third-order valence-corrected chi connectivity index (χ3v) is 6.29. The van der Waals surface area contributed by atoms with E-state index in [0.717, 1.165) is 51.8 Å². The van der Waals surface area contributed by atoms with Crippen LogP contribution >= 0.6 is 0 Å². The average Bonchev–Trinajstić information content (AvgIpc) is 3.13. The number of nitrogens with zero attached hydrogens (tertiary/aromatic N) is 2. The number of hydrogen-bond acceptors (Lipinski definition) is 4. The first-order valence-electron chi connectivity index (χ1n) is 9.46. The maximum Gasteiger partial charge on any atom is 0.248 e. The van der Waals surface area contributed by atoms with Crippen LogP contribution in [0.2, 0.25) is 0 Å². The number of ether oxygens (including phenoxy) is 2. The summed E-state index contributed by atoms with van der Waals surface area (Å²) >= 11 is 0. The Labute approximate surface area is 143 Å². The van der Waals surface area contributed by atoms with Crippen molar-refractivity contribution in [1.82, 2.24) is 9.80 Å². The van der Waals surface area contributed by atoms with E-state index in [2.05, 4.69) is 0 Å². The van der Waals surface area contributed by atoms with Crippen LogP contribution in [0.1, 0.15) is 38.5 Å². The van der Waals surface area contributed by atoms with Gasteiger partial charge in [0.05, 0.1) is 19.7 Å². The molecule has 6 nitrogen and oxygen atoms in total. The fraction of sp³-hybridized carbons (Fsp3) is 0.889. The van der Waals surface area contributed by atoms with Crippen molar-refractivity contribution in [3.63, 3.8) is 0 Å². The molecule has 0 unspecified atom stereocenters. The van der Waals surface area contributed by atoms with E-state index in [1.807, 2.05) is 9.80 Å². The second-order valence-corrected chi connectivity index (χ2v) is 7.82. The van der Waals surface area contributed by atoms with Crippen molar-refractivity contribution in [2.45, 2.75) is 44.1 Å².